The van der Waals surface area contributed by atoms with Crippen LogP contribution >= 0.6 is 0 Å². The van der Waals surface area contributed by atoms with Gasteiger partial charge in [0.25, 0.3) is 0 Å². The van der Waals surface area contributed by atoms with Crippen molar-refractivity contribution in [2.24, 2.45) is 0 Å². The van der Waals surface area contributed by atoms with Crippen molar-refractivity contribution in [3.63, 3.8) is 0 Å². The Labute approximate surface area is 247 Å². The highest BCUT2D eigenvalue weighted by molar-refractivity contribution is 5.95. The Morgan fingerprint density at radius 1 is 0.976 bits per heavy atom. The van der Waals surface area contributed by atoms with E-state index in [1.54, 1.807) is 0 Å². The van der Waals surface area contributed by atoms with Crippen LogP contribution in [-0.4, -0.2) is 86.0 Å². The van der Waals surface area contributed by atoms with Gasteiger partial charge in [0.1, 0.15) is 24.8 Å². The van der Waals surface area contributed by atoms with Crippen molar-refractivity contribution in [3.8, 4) is 11.8 Å². The number of rotatable bonds is 10. The second kappa shape index (κ2) is 12.9. The predicted molar refractivity (Wildman–Crippen MR) is 167 cm³/mol. The third kappa shape index (κ3) is 6.43. The van der Waals surface area contributed by atoms with Crippen LogP contribution in [0.15, 0.2) is 66.7 Å². The first-order chi connectivity index (χ1) is 20.6. The minimum Gasteiger partial charge on any atom is -0.489 e. The molecule has 1 fully saturated rings. The molecule has 0 spiro atoms. The molecule has 4 aromatic rings. The number of hydrogen-bond acceptors (Lipinski definition) is 9. The summed E-state index contributed by atoms with van der Waals surface area (Å²) < 4.78 is 12.4. The van der Waals surface area contributed by atoms with E-state index in [0.717, 1.165) is 66.5 Å². The number of likely N-dealkylation sites (N-methyl/N-ethyl adjacent to an activating group) is 1. The zero-order valence-corrected chi connectivity index (χ0v) is 24.5. The smallest absolute Gasteiger partial charge is 0.318 e. The number of aliphatic hydroxyl groups is 1. The largest absolute Gasteiger partial charge is 0.489 e. The van der Waals surface area contributed by atoms with Crippen LogP contribution in [0.4, 0.5) is 11.5 Å². The number of nitrogens with zero attached hydrogens (tertiary/aromatic N) is 5. The van der Waals surface area contributed by atoms with E-state index in [9.17, 15) is 5.11 Å². The van der Waals surface area contributed by atoms with Crippen molar-refractivity contribution in [2.75, 3.05) is 69.8 Å². The second-order valence-electron chi connectivity index (χ2n) is 11.3. The van der Waals surface area contributed by atoms with Crippen molar-refractivity contribution >= 4 is 22.3 Å². The van der Waals surface area contributed by atoms with Crippen LogP contribution in [0.1, 0.15) is 16.8 Å². The zero-order valence-electron chi connectivity index (χ0n) is 24.5. The van der Waals surface area contributed by atoms with Gasteiger partial charge in [0.15, 0.2) is 0 Å². The normalized spacial score (nSPS) is 17.0. The van der Waals surface area contributed by atoms with Crippen molar-refractivity contribution in [3.05, 3.63) is 83.6 Å². The molecule has 220 valence electrons. The Hall–Kier alpha value is -3.92. The molecule has 6 rings (SSSR count). The number of aromatic nitrogens is 2. The quantitative estimate of drug-likeness (QED) is 0.299. The summed E-state index contributed by atoms with van der Waals surface area (Å²) in [4.78, 5) is 16.6. The van der Waals surface area contributed by atoms with E-state index in [2.05, 4.69) is 68.5 Å². The number of anilines is 2. The van der Waals surface area contributed by atoms with Gasteiger partial charge in [0.2, 0.25) is 0 Å². The molecule has 9 nitrogen and oxygen atoms in total. The van der Waals surface area contributed by atoms with Crippen molar-refractivity contribution in [1.82, 2.24) is 20.2 Å². The summed E-state index contributed by atoms with van der Waals surface area (Å²) in [5.74, 6) is 1.79. The van der Waals surface area contributed by atoms with E-state index in [1.807, 2.05) is 32.3 Å². The first-order valence-corrected chi connectivity index (χ1v) is 14.8. The first-order valence-electron chi connectivity index (χ1n) is 14.8. The molecule has 0 saturated carbocycles. The highest BCUT2D eigenvalue weighted by Gasteiger charge is 2.29. The number of nitrogens with one attached hydrogen (secondary N) is 1. The molecule has 0 aliphatic carbocycles. The molecule has 2 N–H and O–H groups in total. The van der Waals surface area contributed by atoms with Gasteiger partial charge in [-0.1, -0.05) is 54.6 Å². The summed E-state index contributed by atoms with van der Waals surface area (Å²) in [5, 5.41) is 15.6. The molecule has 1 atom stereocenters. The average molecular weight is 569 g/mol. The number of piperazine rings is 1. The van der Waals surface area contributed by atoms with E-state index in [1.165, 1.54) is 10.9 Å². The maximum absolute atomic E-state index is 9.82. The van der Waals surface area contributed by atoms with Gasteiger partial charge in [-0.05, 0) is 37.5 Å². The lowest BCUT2D eigenvalue weighted by molar-refractivity contribution is 0.234. The van der Waals surface area contributed by atoms with E-state index in [4.69, 9.17) is 19.4 Å². The Morgan fingerprint density at radius 2 is 1.81 bits per heavy atom. The molecule has 0 amide bonds. The maximum atomic E-state index is 9.82. The zero-order chi connectivity index (χ0) is 28.9. The summed E-state index contributed by atoms with van der Waals surface area (Å²) in [7, 11) is 4.05. The Kier molecular flexibility index (Phi) is 8.69. The van der Waals surface area contributed by atoms with Crippen LogP contribution in [-0.2, 0) is 19.6 Å². The third-order valence-corrected chi connectivity index (χ3v) is 7.97. The SMILES string of the molecule is CN(C)CCOc1nc2c(c(N3CCNC(CO)C3)n1)CCN(c1cc(OCc3ccccc3)cc3ccccc13)C2. The minimum absolute atomic E-state index is 0.0209. The lowest BCUT2D eigenvalue weighted by atomic mass is 10.0. The molecule has 2 aliphatic heterocycles. The molecule has 1 saturated heterocycles. The topological polar surface area (TPSA) is 86.2 Å². The molecule has 1 unspecified atom stereocenters. The van der Waals surface area contributed by atoms with Crippen molar-refractivity contribution in [1.29, 1.82) is 0 Å². The molecule has 0 radical (unpaired) electrons. The summed E-state index contributed by atoms with van der Waals surface area (Å²) in [6.45, 7) is 5.73. The number of benzene rings is 3. The number of hydrogen-bond donors (Lipinski definition) is 2. The number of fused-ring (bicyclic) bond motifs is 2. The van der Waals surface area contributed by atoms with Gasteiger partial charge in [0.05, 0.1) is 18.8 Å². The molecule has 1 aromatic heterocycles. The summed E-state index contributed by atoms with van der Waals surface area (Å²) in [6.07, 6.45) is 0.819. The average Bonchev–Trinajstić information content (AvgIpc) is 3.03. The van der Waals surface area contributed by atoms with Crippen LogP contribution in [0.5, 0.6) is 11.8 Å². The standard InChI is InChI=1S/C33H40N6O3/c1-37(2)16-17-41-33-35-30-21-38(14-12-29(30)32(36-33)39-15-13-34-26(20-39)22-40)31-19-27(18-25-10-6-7-11-28(25)31)42-23-24-8-4-3-5-9-24/h3-11,18-19,26,34,40H,12-17,20-23H2,1-2H3. The Morgan fingerprint density at radius 3 is 2.64 bits per heavy atom. The van der Waals surface area contributed by atoms with Crippen LogP contribution < -0.4 is 24.6 Å². The van der Waals surface area contributed by atoms with Gasteiger partial charge in [0, 0.05) is 61.5 Å². The van der Waals surface area contributed by atoms with Gasteiger partial charge in [-0.25, -0.2) is 0 Å². The van der Waals surface area contributed by atoms with Gasteiger partial charge < -0.3 is 34.6 Å². The monoisotopic (exact) mass is 568 g/mol. The lowest BCUT2D eigenvalue weighted by Gasteiger charge is -2.37. The van der Waals surface area contributed by atoms with Crippen LogP contribution in [0.2, 0.25) is 0 Å². The lowest BCUT2D eigenvalue weighted by Crippen LogP contribution is -2.53. The highest BCUT2D eigenvalue weighted by atomic mass is 16.5. The van der Waals surface area contributed by atoms with Crippen molar-refractivity contribution < 1.29 is 14.6 Å². The fourth-order valence-corrected chi connectivity index (χ4v) is 5.73. The van der Waals surface area contributed by atoms with E-state index in [0.29, 0.717) is 32.3 Å². The number of aliphatic hydroxyl groups excluding tert-OH is 1. The van der Waals surface area contributed by atoms with E-state index < -0.39 is 0 Å². The molecule has 42 heavy (non-hydrogen) atoms. The molecule has 3 heterocycles. The minimum atomic E-state index is 0.0209. The Bertz CT molecular complexity index is 1500. The second-order valence-corrected chi connectivity index (χ2v) is 11.3. The van der Waals surface area contributed by atoms with Gasteiger partial charge in [-0.2, -0.15) is 9.97 Å². The van der Waals surface area contributed by atoms with E-state index in [-0.39, 0.29) is 12.6 Å². The molecule has 3 aromatic carbocycles. The van der Waals surface area contributed by atoms with Crippen LogP contribution in [0.3, 0.4) is 0 Å². The van der Waals surface area contributed by atoms with Crippen LogP contribution in [0, 0.1) is 0 Å². The molecular weight excluding hydrogens is 528 g/mol. The van der Waals surface area contributed by atoms with E-state index >= 15 is 0 Å². The van der Waals surface area contributed by atoms with Gasteiger partial charge in [-0.15, -0.1) is 0 Å². The third-order valence-electron chi connectivity index (χ3n) is 7.97. The van der Waals surface area contributed by atoms with Crippen molar-refractivity contribution in [2.45, 2.75) is 25.6 Å². The fraction of sp³-hybridized carbons (Fsp3) is 0.394. The first kappa shape index (κ1) is 28.2. The number of ether oxygens (including phenoxy) is 2. The predicted octanol–water partition coefficient (Wildman–Crippen LogP) is 3.48. The highest BCUT2D eigenvalue weighted by Crippen LogP contribution is 2.37. The maximum Gasteiger partial charge on any atom is 0.318 e. The summed E-state index contributed by atoms with van der Waals surface area (Å²) in [6, 6.07) is 23.5. The summed E-state index contributed by atoms with van der Waals surface area (Å²) >= 11 is 0. The van der Waals surface area contributed by atoms with Gasteiger partial charge in [-0.3, -0.25) is 0 Å². The van der Waals surface area contributed by atoms with Gasteiger partial charge >= 0.3 is 6.01 Å². The molecule has 0 bridgehead atoms. The summed E-state index contributed by atoms with van der Waals surface area (Å²) in [5.41, 5.74) is 4.44. The molecule has 2 aliphatic rings. The molecular formula is C33H40N6O3. The van der Waals surface area contributed by atoms with Crippen LogP contribution in [0.25, 0.3) is 10.8 Å². The fourth-order valence-electron chi connectivity index (χ4n) is 5.73. The molecule has 9 heteroatoms. The Balaban J connectivity index is 1.32.